The first kappa shape index (κ1) is 13.5. The van der Waals surface area contributed by atoms with E-state index in [1.54, 1.807) is 0 Å². The number of hydrogen-bond donors (Lipinski definition) is 0. The molecule has 0 aliphatic heterocycles. The Morgan fingerprint density at radius 2 is 2.25 bits per heavy atom. The predicted octanol–water partition coefficient (Wildman–Crippen LogP) is 3.80. The van der Waals surface area contributed by atoms with Gasteiger partial charge in [0.25, 0.3) is 0 Å². The Kier molecular flexibility index (Phi) is 3.96. The van der Waals surface area contributed by atoms with Gasteiger partial charge >= 0.3 is 0 Å². The topological polar surface area (TPSA) is 56.0 Å². The van der Waals surface area contributed by atoms with E-state index in [1.807, 2.05) is 24.3 Å². The molecule has 1 aliphatic rings. The summed E-state index contributed by atoms with van der Waals surface area (Å²) in [5, 5.41) is 4.00. The normalized spacial score (nSPS) is 19.2. The molecule has 5 heteroatoms. The second-order valence-electron chi connectivity index (χ2n) is 5.14. The number of rotatable bonds is 3. The zero-order valence-corrected chi connectivity index (χ0v) is 12.6. The van der Waals surface area contributed by atoms with Crippen LogP contribution in [0.25, 0.3) is 11.4 Å². The third-order valence-corrected chi connectivity index (χ3v) is 4.15. The molecule has 1 aliphatic carbocycles. The first-order chi connectivity index (χ1) is 9.72. The third-order valence-electron chi connectivity index (χ3n) is 3.65. The molecule has 1 atom stereocenters. The van der Waals surface area contributed by atoms with Gasteiger partial charge < -0.3 is 4.52 Å². The lowest BCUT2D eigenvalue weighted by molar-refractivity contribution is -0.124. The fourth-order valence-corrected chi connectivity index (χ4v) is 2.96. The number of carbonyl (C=O) groups excluding carboxylic acids is 1. The molecule has 1 aromatic carbocycles. The molecule has 20 heavy (non-hydrogen) atoms. The van der Waals surface area contributed by atoms with E-state index in [0.717, 1.165) is 29.3 Å². The smallest absolute Gasteiger partial charge is 0.227 e. The van der Waals surface area contributed by atoms with Crippen LogP contribution in [0.15, 0.2) is 33.3 Å². The first-order valence-corrected chi connectivity index (χ1v) is 7.63. The molecule has 4 nitrogen and oxygen atoms in total. The van der Waals surface area contributed by atoms with Gasteiger partial charge in [0.15, 0.2) is 0 Å². The highest BCUT2D eigenvalue weighted by Gasteiger charge is 2.24. The van der Waals surface area contributed by atoms with Crippen LogP contribution >= 0.6 is 15.9 Å². The SMILES string of the molecule is O=C1CCCCC1Cc1nc(-c2cccc(Br)c2)no1. The Bertz CT molecular complexity index is 624. The molecule has 0 amide bonds. The Hall–Kier alpha value is -1.49. The maximum Gasteiger partial charge on any atom is 0.227 e. The molecule has 1 heterocycles. The molecule has 0 N–H and O–H groups in total. The first-order valence-electron chi connectivity index (χ1n) is 6.83. The summed E-state index contributed by atoms with van der Waals surface area (Å²) in [6, 6.07) is 7.76. The van der Waals surface area contributed by atoms with Crippen molar-refractivity contribution in [1.29, 1.82) is 0 Å². The molecular weight excluding hydrogens is 320 g/mol. The molecule has 1 fully saturated rings. The van der Waals surface area contributed by atoms with Crippen molar-refractivity contribution in [2.24, 2.45) is 5.92 Å². The van der Waals surface area contributed by atoms with Crippen molar-refractivity contribution in [3.63, 3.8) is 0 Å². The Balaban J connectivity index is 1.75. The van der Waals surface area contributed by atoms with Crippen molar-refractivity contribution in [3.8, 4) is 11.4 Å². The molecule has 0 radical (unpaired) electrons. The molecule has 1 unspecified atom stereocenters. The van der Waals surface area contributed by atoms with Crippen LogP contribution in [0.3, 0.4) is 0 Å². The van der Waals surface area contributed by atoms with E-state index in [0.29, 0.717) is 30.3 Å². The van der Waals surface area contributed by atoms with Gasteiger partial charge in [0, 0.05) is 28.8 Å². The van der Waals surface area contributed by atoms with Gasteiger partial charge in [0.05, 0.1) is 0 Å². The van der Waals surface area contributed by atoms with Gasteiger partial charge in [-0.15, -0.1) is 0 Å². The minimum atomic E-state index is 0.0551. The summed E-state index contributed by atoms with van der Waals surface area (Å²) in [6.07, 6.45) is 4.33. The van der Waals surface area contributed by atoms with E-state index >= 15 is 0 Å². The van der Waals surface area contributed by atoms with E-state index in [9.17, 15) is 4.79 Å². The minimum Gasteiger partial charge on any atom is -0.339 e. The van der Waals surface area contributed by atoms with Crippen molar-refractivity contribution in [2.45, 2.75) is 32.1 Å². The molecule has 0 spiro atoms. The predicted molar refractivity (Wildman–Crippen MR) is 78.1 cm³/mol. The standard InChI is InChI=1S/C15H15BrN2O2/c16-12-6-3-5-11(8-12)15-17-14(20-18-15)9-10-4-1-2-7-13(10)19/h3,5-6,8,10H,1-2,4,7,9H2. The number of ketones is 1. The number of aromatic nitrogens is 2. The van der Waals surface area contributed by atoms with Crippen LogP contribution in [0.5, 0.6) is 0 Å². The van der Waals surface area contributed by atoms with Gasteiger partial charge in [-0.25, -0.2) is 0 Å². The van der Waals surface area contributed by atoms with Gasteiger partial charge in [-0.3, -0.25) is 4.79 Å². The summed E-state index contributed by atoms with van der Waals surface area (Å²) in [5.41, 5.74) is 0.907. The highest BCUT2D eigenvalue weighted by Crippen LogP contribution is 2.25. The van der Waals surface area contributed by atoms with Crippen LogP contribution in [0.1, 0.15) is 31.6 Å². The van der Waals surface area contributed by atoms with Gasteiger partial charge in [-0.05, 0) is 25.0 Å². The van der Waals surface area contributed by atoms with Crippen molar-refractivity contribution < 1.29 is 9.32 Å². The molecule has 104 valence electrons. The third kappa shape index (κ3) is 2.98. The molecule has 0 saturated heterocycles. The molecular formula is C15H15BrN2O2. The van der Waals surface area contributed by atoms with E-state index in [1.165, 1.54) is 0 Å². The summed E-state index contributed by atoms with van der Waals surface area (Å²) in [6.45, 7) is 0. The maximum atomic E-state index is 11.8. The monoisotopic (exact) mass is 334 g/mol. The number of benzene rings is 1. The summed E-state index contributed by atoms with van der Waals surface area (Å²) in [5.74, 6) is 1.52. The number of nitrogens with zero attached hydrogens (tertiary/aromatic N) is 2. The molecule has 1 saturated carbocycles. The summed E-state index contributed by atoms with van der Waals surface area (Å²) in [7, 11) is 0. The van der Waals surface area contributed by atoms with Crippen LogP contribution in [0.4, 0.5) is 0 Å². The number of carbonyl (C=O) groups is 1. The largest absolute Gasteiger partial charge is 0.339 e. The zero-order chi connectivity index (χ0) is 13.9. The lowest BCUT2D eigenvalue weighted by Gasteiger charge is -2.18. The van der Waals surface area contributed by atoms with Gasteiger partial charge in [0.1, 0.15) is 5.78 Å². The fraction of sp³-hybridized carbons (Fsp3) is 0.400. The lowest BCUT2D eigenvalue weighted by Crippen LogP contribution is -2.21. The average Bonchev–Trinajstić information content (AvgIpc) is 2.90. The fourth-order valence-electron chi connectivity index (χ4n) is 2.56. The van der Waals surface area contributed by atoms with Gasteiger partial charge in [-0.1, -0.05) is 39.6 Å². The second-order valence-corrected chi connectivity index (χ2v) is 6.05. The van der Waals surface area contributed by atoms with Crippen LogP contribution in [0, 0.1) is 5.92 Å². The van der Waals surface area contributed by atoms with E-state index < -0.39 is 0 Å². The molecule has 1 aromatic heterocycles. The summed E-state index contributed by atoms with van der Waals surface area (Å²) in [4.78, 5) is 16.2. The second kappa shape index (κ2) is 5.87. The summed E-state index contributed by atoms with van der Waals surface area (Å²) < 4.78 is 6.26. The van der Waals surface area contributed by atoms with Gasteiger partial charge in [0.2, 0.25) is 11.7 Å². The van der Waals surface area contributed by atoms with Crippen molar-refractivity contribution in [2.75, 3.05) is 0 Å². The van der Waals surface area contributed by atoms with Crippen LogP contribution in [-0.2, 0) is 11.2 Å². The molecule has 0 bridgehead atoms. The van der Waals surface area contributed by atoms with Crippen LogP contribution in [-0.4, -0.2) is 15.9 Å². The Morgan fingerprint density at radius 1 is 1.35 bits per heavy atom. The Labute approximate surface area is 125 Å². The van der Waals surface area contributed by atoms with Crippen LogP contribution in [0.2, 0.25) is 0 Å². The molecule has 3 rings (SSSR count). The number of Topliss-reactive ketones (excluding diaryl/α,β-unsaturated/α-hetero) is 1. The van der Waals surface area contributed by atoms with Gasteiger partial charge in [-0.2, -0.15) is 4.98 Å². The maximum absolute atomic E-state index is 11.8. The van der Waals surface area contributed by atoms with E-state index in [4.69, 9.17) is 4.52 Å². The van der Waals surface area contributed by atoms with Crippen molar-refractivity contribution in [3.05, 3.63) is 34.6 Å². The highest BCUT2D eigenvalue weighted by atomic mass is 79.9. The van der Waals surface area contributed by atoms with Crippen molar-refractivity contribution in [1.82, 2.24) is 10.1 Å². The van der Waals surface area contributed by atoms with E-state index in [-0.39, 0.29) is 5.92 Å². The minimum absolute atomic E-state index is 0.0551. The lowest BCUT2D eigenvalue weighted by atomic mass is 9.86. The zero-order valence-electron chi connectivity index (χ0n) is 11.0. The highest BCUT2D eigenvalue weighted by molar-refractivity contribution is 9.10. The number of hydrogen-bond acceptors (Lipinski definition) is 4. The quantitative estimate of drug-likeness (QED) is 0.856. The molecule has 2 aromatic rings. The van der Waals surface area contributed by atoms with Crippen LogP contribution < -0.4 is 0 Å². The van der Waals surface area contributed by atoms with Crippen molar-refractivity contribution >= 4 is 21.7 Å². The summed E-state index contributed by atoms with van der Waals surface area (Å²) >= 11 is 3.42. The average molecular weight is 335 g/mol. The number of halogens is 1. The Morgan fingerprint density at radius 3 is 3.05 bits per heavy atom. The van der Waals surface area contributed by atoms with E-state index in [2.05, 4.69) is 26.1 Å².